The number of carbonyl (C=O) groups excluding carboxylic acids is 3. The second-order valence-corrected chi connectivity index (χ2v) is 11.2. The van der Waals surface area contributed by atoms with Crippen LogP contribution < -0.4 is 15.5 Å². The molecular formula is C29H38FN5O3. The Balaban J connectivity index is 1.52. The molecule has 0 aromatic heterocycles. The first-order valence-corrected chi connectivity index (χ1v) is 13.3. The van der Waals surface area contributed by atoms with Gasteiger partial charge >= 0.3 is 0 Å². The number of nitrogens with one attached hydrogen (secondary N) is 2. The topological polar surface area (TPSA) is 85.0 Å². The average molecular weight is 524 g/mol. The van der Waals surface area contributed by atoms with Crippen molar-refractivity contribution in [1.82, 2.24) is 15.1 Å². The molecule has 38 heavy (non-hydrogen) atoms. The molecule has 2 N–H and O–H groups in total. The third kappa shape index (κ3) is 7.10. The number of rotatable bonds is 5. The summed E-state index contributed by atoms with van der Waals surface area (Å²) >= 11 is 0. The minimum absolute atomic E-state index is 0.0405. The van der Waals surface area contributed by atoms with E-state index in [1.807, 2.05) is 37.8 Å². The molecule has 2 aliphatic rings. The third-order valence-corrected chi connectivity index (χ3v) is 6.83. The molecule has 9 heteroatoms. The summed E-state index contributed by atoms with van der Waals surface area (Å²) in [5.74, 6) is -0.646. The first-order chi connectivity index (χ1) is 18.1. The maximum Gasteiger partial charge on any atom is 0.253 e. The lowest BCUT2D eigenvalue weighted by Crippen LogP contribution is -2.49. The van der Waals surface area contributed by atoms with E-state index in [1.165, 1.54) is 24.3 Å². The average Bonchev–Trinajstić information content (AvgIpc) is 3.17. The third-order valence-electron chi connectivity index (χ3n) is 6.83. The monoisotopic (exact) mass is 523 g/mol. The van der Waals surface area contributed by atoms with Gasteiger partial charge in [-0.05, 0) is 60.8 Å². The van der Waals surface area contributed by atoms with E-state index in [2.05, 4.69) is 15.5 Å². The summed E-state index contributed by atoms with van der Waals surface area (Å²) in [5.41, 5.74) is 2.27. The number of hydrogen-bond donors (Lipinski definition) is 2. The highest BCUT2D eigenvalue weighted by Crippen LogP contribution is 2.30. The van der Waals surface area contributed by atoms with Crippen LogP contribution in [0.4, 0.5) is 15.8 Å². The maximum atomic E-state index is 13.3. The summed E-state index contributed by atoms with van der Waals surface area (Å²) in [5, 5.41) is 6.38. The van der Waals surface area contributed by atoms with E-state index < -0.39 is 0 Å². The largest absolute Gasteiger partial charge is 0.366 e. The van der Waals surface area contributed by atoms with Gasteiger partial charge in [0.15, 0.2) is 0 Å². The standard InChI is InChI=1S/C29H38FN5O3/c1-29(2,3)20-26(36)32-24-19-22(28(38)34-13-4-11-31-12-14-34)7-10-25(24)33-15-17-35(18-16-33)27(37)21-5-8-23(30)9-6-21/h5-10,19,31H,4,11-18,20H2,1-3H3,(H,32,36). The van der Waals surface area contributed by atoms with Crippen LogP contribution in [0, 0.1) is 11.2 Å². The number of halogens is 1. The molecule has 4 rings (SSSR count). The number of hydrogen-bond acceptors (Lipinski definition) is 5. The van der Waals surface area contributed by atoms with Gasteiger partial charge < -0.3 is 25.3 Å². The minimum Gasteiger partial charge on any atom is -0.366 e. The molecule has 2 fully saturated rings. The van der Waals surface area contributed by atoms with Crippen molar-refractivity contribution in [3.8, 4) is 0 Å². The Morgan fingerprint density at radius 2 is 1.47 bits per heavy atom. The fourth-order valence-corrected chi connectivity index (χ4v) is 4.88. The van der Waals surface area contributed by atoms with Gasteiger partial charge in [-0.1, -0.05) is 20.8 Å². The van der Waals surface area contributed by atoms with Crippen LogP contribution in [0.2, 0.25) is 0 Å². The second kappa shape index (κ2) is 11.9. The fourth-order valence-electron chi connectivity index (χ4n) is 4.88. The molecule has 0 bridgehead atoms. The van der Waals surface area contributed by atoms with Crippen LogP contribution in [-0.2, 0) is 4.79 Å². The molecule has 8 nitrogen and oxygen atoms in total. The van der Waals surface area contributed by atoms with Crippen molar-refractivity contribution in [2.45, 2.75) is 33.6 Å². The van der Waals surface area contributed by atoms with Gasteiger partial charge in [0.25, 0.3) is 11.8 Å². The van der Waals surface area contributed by atoms with Gasteiger partial charge in [0, 0.05) is 63.4 Å². The van der Waals surface area contributed by atoms with Crippen molar-refractivity contribution in [3.05, 3.63) is 59.4 Å². The lowest BCUT2D eigenvalue weighted by atomic mass is 9.92. The van der Waals surface area contributed by atoms with Crippen molar-refractivity contribution < 1.29 is 18.8 Å². The van der Waals surface area contributed by atoms with E-state index >= 15 is 0 Å². The second-order valence-electron chi connectivity index (χ2n) is 11.2. The van der Waals surface area contributed by atoms with Crippen LogP contribution in [0.1, 0.15) is 54.3 Å². The highest BCUT2D eigenvalue weighted by molar-refractivity contribution is 6.00. The van der Waals surface area contributed by atoms with Crippen LogP contribution in [0.5, 0.6) is 0 Å². The Kier molecular flexibility index (Phi) is 8.66. The number of piperazine rings is 1. The molecule has 204 valence electrons. The van der Waals surface area contributed by atoms with Gasteiger partial charge in [0.1, 0.15) is 5.82 Å². The predicted octanol–water partition coefficient (Wildman–Crippen LogP) is 3.60. The van der Waals surface area contributed by atoms with Crippen molar-refractivity contribution in [2.24, 2.45) is 5.41 Å². The van der Waals surface area contributed by atoms with E-state index in [-0.39, 0.29) is 29.0 Å². The minimum atomic E-state index is -0.373. The molecule has 0 radical (unpaired) electrons. The Morgan fingerprint density at radius 1 is 0.842 bits per heavy atom. The predicted molar refractivity (Wildman–Crippen MR) is 147 cm³/mol. The maximum absolute atomic E-state index is 13.3. The number of benzene rings is 2. The summed E-state index contributed by atoms with van der Waals surface area (Å²) < 4.78 is 13.3. The van der Waals surface area contributed by atoms with E-state index in [1.54, 1.807) is 11.0 Å². The van der Waals surface area contributed by atoms with E-state index in [0.717, 1.165) is 25.2 Å². The van der Waals surface area contributed by atoms with Crippen molar-refractivity contribution in [1.29, 1.82) is 0 Å². The molecule has 2 heterocycles. The number of amides is 3. The molecule has 0 spiro atoms. The Morgan fingerprint density at radius 3 is 2.16 bits per heavy atom. The van der Waals surface area contributed by atoms with Gasteiger partial charge in [-0.3, -0.25) is 14.4 Å². The van der Waals surface area contributed by atoms with Crippen LogP contribution in [-0.4, -0.2) is 79.9 Å². The van der Waals surface area contributed by atoms with Gasteiger partial charge in [0.2, 0.25) is 5.91 Å². The van der Waals surface area contributed by atoms with E-state index in [9.17, 15) is 18.8 Å². The van der Waals surface area contributed by atoms with Gasteiger partial charge in [-0.25, -0.2) is 4.39 Å². The highest BCUT2D eigenvalue weighted by atomic mass is 19.1. The molecule has 0 saturated carbocycles. The van der Waals surface area contributed by atoms with Crippen molar-refractivity contribution >= 4 is 29.1 Å². The summed E-state index contributed by atoms with van der Waals surface area (Å²) in [4.78, 5) is 44.8. The summed E-state index contributed by atoms with van der Waals surface area (Å²) in [6.07, 6.45) is 1.25. The van der Waals surface area contributed by atoms with Crippen LogP contribution >= 0.6 is 0 Å². The molecule has 2 saturated heterocycles. The van der Waals surface area contributed by atoms with Gasteiger partial charge in [-0.2, -0.15) is 0 Å². The molecule has 0 unspecified atom stereocenters. The Labute approximate surface area is 224 Å². The van der Waals surface area contributed by atoms with Crippen LogP contribution in [0.15, 0.2) is 42.5 Å². The zero-order chi connectivity index (χ0) is 27.3. The first kappa shape index (κ1) is 27.6. The smallest absolute Gasteiger partial charge is 0.253 e. The van der Waals surface area contributed by atoms with Crippen LogP contribution in [0.3, 0.4) is 0 Å². The quantitative estimate of drug-likeness (QED) is 0.626. The molecule has 3 amide bonds. The van der Waals surface area contributed by atoms with Gasteiger partial charge in [0.05, 0.1) is 11.4 Å². The first-order valence-electron chi connectivity index (χ1n) is 13.3. The molecule has 0 atom stereocenters. The fraction of sp³-hybridized carbons (Fsp3) is 0.483. The summed E-state index contributed by atoms with van der Waals surface area (Å²) in [6, 6.07) is 11.1. The number of nitrogens with zero attached hydrogens (tertiary/aromatic N) is 3. The van der Waals surface area contributed by atoms with Gasteiger partial charge in [-0.15, -0.1) is 0 Å². The summed E-state index contributed by atoms with van der Waals surface area (Å²) in [7, 11) is 0. The Hall–Kier alpha value is -3.46. The van der Waals surface area contributed by atoms with Crippen LogP contribution in [0.25, 0.3) is 0 Å². The molecule has 2 aliphatic heterocycles. The Bertz CT molecular complexity index is 1150. The van der Waals surface area contributed by atoms with Crippen molar-refractivity contribution in [2.75, 3.05) is 62.6 Å². The number of anilines is 2. The zero-order valence-electron chi connectivity index (χ0n) is 22.6. The zero-order valence-corrected chi connectivity index (χ0v) is 22.6. The summed E-state index contributed by atoms with van der Waals surface area (Å²) in [6.45, 7) is 11.2. The van der Waals surface area contributed by atoms with Crippen molar-refractivity contribution in [3.63, 3.8) is 0 Å². The number of carbonyl (C=O) groups is 3. The molecule has 2 aromatic rings. The molecule has 0 aliphatic carbocycles. The lowest BCUT2D eigenvalue weighted by Gasteiger charge is -2.37. The normalized spacial score (nSPS) is 16.7. The lowest BCUT2D eigenvalue weighted by molar-refractivity contribution is -0.117. The molecular weight excluding hydrogens is 485 g/mol. The molecule has 2 aromatic carbocycles. The van der Waals surface area contributed by atoms with E-state index in [4.69, 9.17) is 0 Å². The van der Waals surface area contributed by atoms with E-state index in [0.29, 0.717) is 62.5 Å². The highest BCUT2D eigenvalue weighted by Gasteiger charge is 2.26. The SMILES string of the molecule is CC(C)(C)CC(=O)Nc1cc(C(=O)N2CCCNCC2)ccc1N1CCN(C(=O)c2ccc(F)cc2)CC1.